The number of H-pyrrole nitrogens is 3. The predicted molar refractivity (Wildman–Crippen MR) is 113 cm³/mol. The molecule has 30 heavy (non-hydrogen) atoms. The zero-order valence-corrected chi connectivity index (χ0v) is 15.9. The number of aromatic nitrogens is 6. The first-order valence-electron chi connectivity index (χ1n) is 9.26. The van der Waals surface area contributed by atoms with E-state index >= 15 is 0 Å². The maximum absolute atomic E-state index is 11.7. The average Bonchev–Trinajstić information content (AvgIpc) is 3.33. The Morgan fingerprint density at radius 1 is 0.933 bits per heavy atom. The second-order valence-corrected chi connectivity index (χ2v) is 6.74. The van der Waals surface area contributed by atoms with Gasteiger partial charge >= 0.3 is 6.01 Å². The van der Waals surface area contributed by atoms with Crippen molar-refractivity contribution in [3.05, 3.63) is 76.7 Å². The van der Waals surface area contributed by atoms with Crippen LogP contribution in [0.4, 0.5) is 11.6 Å². The Kier molecular flexibility index (Phi) is 4.25. The molecular formula is C21H17N7O2. The van der Waals surface area contributed by atoms with Gasteiger partial charge in [0.25, 0.3) is 5.56 Å². The van der Waals surface area contributed by atoms with Crippen LogP contribution in [-0.4, -0.2) is 30.4 Å². The zero-order valence-electron chi connectivity index (χ0n) is 15.9. The molecule has 0 unspecified atom stereocenters. The van der Waals surface area contributed by atoms with Crippen LogP contribution in [0.5, 0.6) is 11.8 Å². The first-order valence-corrected chi connectivity index (χ1v) is 9.26. The number of anilines is 2. The van der Waals surface area contributed by atoms with E-state index in [-0.39, 0.29) is 11.6 Å². The van der Waals surface area contributed by atoms with Crippen LogP contribution in [0.1, 0.15) is 5.69 Å². The van der Waals surface area contributed by atoms with Crippen LogP contribution in [0.25, 0.3) is 22.2 Å². The minimum atomic E-state index is -0.181. The van der Waals surface area contributed by atoms with Crippen molar-refractivity contribution in [3.63, 3.8) is 0 Å². The fraction of sp³-hybridized carbons (Fsp3) is 0.0476. The third-order valence-corrected chi connectivity index (χ3v) is 4.49. The first-order chi connectivity index (χ1) is 14.6. The van der Waals surface area contributed by atoms with Gasteiger partial charge in [-0.15, -0.1) is 0 Å². The summed E-state index contributed by atoms with van der Waals surface area (Å²) in [5, 5.41) is 16.2. The summed E-state index contributed by atoms with van der Waals surface area (Å²) in [4.78, 5) is 20.7. The van der Waals surface area contributed by atoms with Crippen molar-refractivity contribution in [2.24, 2.45) is 0 Å². The number of ether oxygens (including phenoxy) is 1. The molecule has 3 aromatic heterocycles. The standard InChI is InChI=1S/C21H17N7O2/c1-12-9-19(27-25-12)23-18-11-16(13-5-3-2-4-6-13)22-21(24-18)30-14-7-8-15-17(10-14)26-28-20(15)29/h2-11H,1H3,(H2,26,28,29)(H2,22,23,24,25,27). The van der Waals surface area contributed by atoms with Crippen molar-refractivity contribution in [2.75, 3.05) is 5.32 Å². The number of rotatable bonds is 5. The number of hydrogen-bond donors (Lipinski definition) is 4. The highest BCUT2D eigenvalue weighted by Gasteiger charge is 2.11. The highest BCUT2D eigenvalue weighted by Crippen LogP contribution is 2.27. The van der Waals surface area contributed by atoms with E-state index in [1.807, 2.05) is 49.4 Å². The largest absolute Gasteiger partial charge is 0.424 e. The molecule has 0 bridgehead atoms. The molecule has 0 aliphatic carbocycles. The Hall–Kier alpha value is -4.40. The van der Waals surface area contributed by atoms with Gasteiger partial charge in [-0.3, -0.25) is 20.1 Å². The summed E-state index contributed by atoms with van der Waals surface area (Å²) in [6.07, 6.45) is 0. The highest BCUT2D eigenvalue weighted by molar-refractivity contribution is 5.79. The molecule has 0 saturated heterocycles. The number of aromatic amines is 3. The topological polar surface area (TPSA) is 124 Å². The van der Waals surface area contributed by atoms with E-state index in [9.17, 15) is 4.79 Å². The zero-order chi connectivity index (χ0) is 20.5. The smallest absolute Gasteiger partial charge is 0.324 e. The second kappa shape index (κ2) is 7.21. The quantitative estimate of drug-likeness (QED) is 0.355. The molecule has 0 saturated carbocycles. The van der Waals surface area contributed by atoms with E-state index in [4.69, 9.17) is 4.74 Å². The summed E-state index contributed by atoms with van der Waals surface area (Å²) in [7, 11) is 0. The van der Waals surface area contributed by atoms with Crippen LogP contribution in [0.15, 0.2) is 65.5 Å². The van der Waals surface area contributed by atoms with Gasteiger partial charge in [0.2, 0.25) is 0 Å². The van der Waals surface area contributed by atoms with Crippen LogP contribution in [0.2, 0.25) is 0 Å². The third-order valence-electron chi connectivity index (χ3n) is 4.49. The summed E-state index contributed by atoms with van der Waals surface area (Å²) >= 11 is 0. The first kappa shape index (κ1) is 17.7. The van der Waals surface area contributed by atoms with Gasteiger partial charge in [-0.05, 0) is 19.1 Å². The lowest BCUT2D eigenvalue weighted by Gasteiger charge is -2.10. The monoisotopic (exact) mass is 399 g/mol. The van der Waals surface area contributed by atoms with E-state index < -0.39 is 0 Å². The second-order valence-electron chi connectivity index (χ2n) is 6.74. The van der Waals surface area contributed by atoms with Crippen molar-refractivity contribution in [1.82, 2.24) is 30.4 Å². The molecule has 9 heteroatoms. The van der Waals surface area contributed by atoms with Gasteiger partial charge in [-0.25, -0.2) is 0 Å². The summed E-state index contributed by atoms with van der Waals surface area (Å²) in [6.45, 7) is 1.92. The highest BCUT2D eigenvalue weighted by atomic mass is 16.5. The van der Waals surface area contributed by atoms with Crippen molar-refractivity contribution in [1.29, 1.82) is 0 Å². The Morgan fingerprint density at radius 2 is 1.80 bits per heavy atom. The molecule has 0 aliphatic rings. The van der Waals surface area contributed by atoms with Gasteiger partial charge in [0.05, 0.1) is 16.6 Å². The summed E-state index contributed by atoms with van der Waals surface area (Å²) in [5.74, 6) is 1.69. The lowest BCUT2D eigenvalue weighted by Crippen LogP contribution is -2.00. The molecule has 5 aromatic rings. The lowest BCUT2D eigenvalue weighted by molar-refractivity contribution is 0.444. The van der Waals surface area contributed by atoms with Crippen LogP contribution < -0.4 is 15.6 Å². The number of nitrogens with zero attached hydrogens (tertiary/aromatic N) is 3. The summed E-state index contributed by atoms with van der Waals surface area (Å²) in [5.41, 5.74) is 3.02. The number of benzene rings is 2. The van der Waals surface area contributed by atoms with Gasteiger partial charge in [-0.1, -0.05) is 30.3 Å². The van der Waals surface area contributed by atoms with Crippen molar-refractivity contribution in [2.45, 2.75) is 6.92 Å². The molecule has 0 aliphatic heterocycles. The van der Waals surface area contributed by atoms with Gasteiger partial charge in [0.1, 0.15) is 11.6 Å². The van der Waals surface area contributed by atoms with E-state index in [1.54, 1.807) is 18.2 Å². The van der Waals surface area contributed by atoms with Crippen LogP contribution in [0, 0.1) is 6.92 Å². The van der Waals surface area contributed by atoms with Crippen LogP contribution in [0.3, 0.4) is 0 Å². The van der Waals surface area contributed by atoms with Gasteiger partial charge < -0.3 is 10.1 Å². The van der Waals surface area contributed by atoms with Crippen molar-refractivity contribution >= 4 is 22.5 Å². The van der Waals surface area contributed by atoms with Crippen molar-refractivity contribution in [3.8, 4) is 23.0 Å². The Balaban J connectivity index is 1.53. The minimum absolute atomic E-state index is 0.170. The minimum Gasteiger partial charge on any atom is -0.424 e. The number of nitrogens with one attached hydrogen (secondary N) is 4. The fourth-order valence-corrected chi connectivity index (χ4v) is 3.09. The molecule has 9 nitrogen and oxygen atoms in total. The molecular weight excluding hydrogens is 382 g/mol. The molecule has 3 heterocycles. The van der Waals surface area contributed by atoms with Crippen LogP contribution in [-0.2, 0) is 0 Å². The molecule has 148 valence electrons. The van der Waals surface area contributed by atoms with Gasteiger partial charge in [-0.2, -0.15) is 15.1 Å². The van der Waals surface area contributed by atoms with Gasteiger partial charge in [0, 0.05) is 29.5 Å². The van der Waals surface area contributed by atoms with Crippen LogP contribution >= 0.6 is 0 Å². The number of fused-ring (bicyclic) bond motifs is 1. The predicted octanol–water partition coefficient (Wildman–Crippen LogP) is 3.88. The molecule has 0 atom stereocenters. The Morgan fingerprint density at radius 3 is 2.60 bits per heavy atom. The van der Waals surface area contributed by atoms with E-state index in [0.717, 1.165) is 11.3 Å². The SMILES string of the molecule is Cc1cc(Nc2cc(-c3ccccc3)nc(Oc3ccc4c(=O)[nH][nH]c4c3)n2)n[nH]1. The number of hydrogen-bond acceptors (Lipinski definition) is 6. The Labute approximate surface area is 170 Å². The number of aryl methyl sites for hydroxylation is 1. The maximum Gasteiger partial charge on any atom is 0.324 e. The van der Waals surface area contributed by atoms with Gasteiger partial charge in [0.15, 0.2) is 5.82 Å². The fourth-order valence-electron chi connectivity index (χ4n) is 3.09. The normalized spacial score (nSPS) is 11.0. The Bertz CT molecular complexity index is 1390. The average molecular weight is 399 g/mol. The maximum atomic E-state index is 11.7. The molecule has 4 N–H and O–H groups in total. The molecule has 0 radical (unpaired) electrons. The summed E-state index contributed by atoms with van der Waals surface area (Å²) < 4.78 is 5.92. The van der Waals surface area contributed by atoms with E-state index in [1.165, 1.54) is 0 Å². The molecule has 0 spiro atoms. The third kappa shape index (κ3) is 3.51. The van der Waals surface area contributed by atoms with E-state index in [0.29, 0.717) is 34.0 Å². The lowest BCUT2D eigenvalue weighted by atomic mass is 10.1. The molecule has 0 fully saturated rings. The molecule has 2 aromatic carbocycles. The van der Waals surface area contributed by atoms with E-state index in [2.05, 4.69) is 35.7 Å². The van der Waals surface area contributed by atoms with Crippen molar-refractivity contribution < 1.29 is 4.74 Å². The molecule has 5 rings (SSSR count). The summed E-state index contributed by atoms with van der Waals surface area (Å²) in [6, 6.07) is 18.7. The molecule has 0 amide bonds.